The topological polar surface area (TPSA) is 23.5 Å². The van der Waals surface area contributed by atoms with Gasteiger partial charge >= 0.3 is 0 Å². The van der Waals surface area contributed by atoms with Gasteiger partial charge in [-0.05, 0) is 58.5 Å². The van der Waals surface area contributed by atoms with Crippen LogP contribution in [0.25, 0.3) is 0 Å². The van der Waals surface area contributed by atoms with E-state index < -0.39 is 0 Å². The van der Waals surface area contributed by atoms with Gasteiger partial charge in [0.25, 0.3) is 0 Å². The molecule has 2 heteroatoms. The predicted octanol–water partition coefficient (Wildman–Crippen LogP) is 2.51. The summed E-state index contributed by atoms with van der Waals surface area (Å²) < 4.78 is 0. The number of hydrogen-bond acceptors (Lipinski definition) is 2. The van der Waals surface area contributed by atoms with Gasteiger partial charge < -0.3 is 5.11 Å². The zero-order valence-electron chi connectivity index (χ0n) is 11.0. The van der Waals surface area contributed by atoms with Crippen LogP contribution in [-0.4, -0.2) is 34.7 Å². The van der Waals surface area contributed by atoms with Crippen molar-refractivity contribution in [3.63, 3.8) is 0 Å². The molecular formula is C13H27NO. The lowest BCUT2D eigenvalue weighted by Crippen LogP contribution is -2.48. The van der Waals surface area contributed by atoms with Crippen LogP contribution in [-0.2, 0) is 0 Å². The zero-order chi connectivity index (χ0) is 11.6. The standard InChI is InChI=1S/C13H27NO/c1-10(2)12(15)11-6-8-14(9-7-11)13(3,4)5/h10-12,15H,6-9H2,1-5H3. The zero-order valence-corrected chi connectivity index (χ0v) is 11.0. The molecule has 0 aromatic carbocycles. The van der Waals surface area contributed by atoms with E-state index in [0.29, 0.717) is 11.8 Å². The smallest absolute Gasteiger partial charge is 0.0592 e. The van der Waals surface area contributed by atoms with Crippen LogP contribution in [0.3, 0.4) is 0 Å². The third-order valence-corrected chi connectivity index (χ3v) is 3.65. The van der Waals surface area contributed by atoms with Crippen molar-refractivity contribution >= 4 is 0 Å². The van der Waals surface area contributed by atoms with Gasteiger partial charge in [0.2, 0.25) is 0 Å². The largest absolute Gasteiger partial charge is 0.393 e. The Morgan fingerprint density at radius 2 is 1.60 bits per heavy atom. The fourth-order valence-corrected chi connectivity index (χ4v) is 2.46. The molecule has 0 bridgehead atoms. The van der Waals surface area contributed by atoms with Crippen LogP contribution in [0, 0.1) is 11.8 Å². The van der Waals surface area contributed by atoms with Crippen LogP contribution in [0.4, 0.5) is 0 Å². The van der Waals surface area contributed by atoms with Crippen molar-refractivity contribution in [2.45, 2.75) is 59.1 Å². The summed E-state index contributed by atoms with van der Waals surface area (Å²) in [7, 11) is 0. The second-order valence-corrected chi connectivity index (χ2v) is 6.23. The summed E-state index contributed by atoms with van der Waals surface area (Å²) >= 11 is 0. The van der Waals surface area contributed by atoms with E-state index in [2.05, 4.69) is 39.5 Å². The minimum atomic E-state index is -0.105. The molecule has 0 amide bonds. The highest BCUT2D eigenvalue weighted by Gasteiger charge is 2.30. The van der Waals surface area contributed by atoms with Crippen molar-refractivity contribution in [3.8, 4) is 0 Å². The Bertz CT molecular complexity index is 187. The molecule has 1 N–H and O–H groups in total. The number of hydrogen-bond donors (Lipinski definition) is 1. The Balaban J connectivity index is 2.42. The van der Waals surface area contributed by atoms with Gasteiger partial charge in [-0.2, -0.15) is 0 Å². The third kappa shape index (κ3) is 3.46. The molecule has 1 rings (SSSR count). The van der Waals surface area contributed by atoms with E-state index in [1.165, 1.54) is 0 Å². The molecule has 0 spiro atoms. The van der Waals surface area contributed by atoms with E-state index in [4.69, 9.17) is 0 Å². The molecule has 15 heavy (non-hydrogen) atoms. The Morgan fingerprint density at radius 1 is 1.13 bits per heavy atom. The average molecular weight is 213 g/mol. The van der Waals surface area contributed by atoms with Gasteiger partial charge in [-0.15, -0.1) is 0 Å². The van der Waals surface area contributed by atoms with E-state index >= 15 is 0 Å². The normalized spacial score (nSPS) is 23.4. The van der Waals surface area contributed by atoms with E-state index in [0.717, 1.165) is 25.9 Å². The molecule has 90 valence electrons. The lowest BCUT2D eigenvalue weighted by molar-refractivity contribution is 0.00744. The Kier molecular flexibility index (Phi) is 4.19. The van der Waals surface area contributed by atoms with E-state index in [1.807, 2.05) is 0 Å². The predicted molar refractivity (Wildman–Crippen MR) is 64.9 cm³/mol. The minimum Gasteiger partial charge on any atom is -0.393 e. The molecule has 1 fully saturated rings. The second kappa shape index (κ2) is 4.84. The molecule has 0 radical (unpaired) electrons. The van der Waals surface area contributed by atoms with Gasteiger partial charge in [0.05, 0.1) is 6.10 Å². The van der Waals surface area contributed by atoms with Crippen molar-refractivity contribution in [2.24, 2.45) is 11.8 Å². The van der Waals surface area contributed by atoms with Crippen molar-refractivity contribution < 1.29 is 5.11 Å². The molecule has 0 aromatic heterocycles. The van der Waals surface area contributed by atoms with E-state index in [9.17, 15) is 5.11 Å². The Hall–Kier alpha value is -0.0800. The fraction of sp³-hybridized carbons (Fsp3) is 1.00. The molecule has 0 aliphatic carbocycles. The highest BCUT2D eigenvalue weighted by atomic mass is 16.3. The molecule has 1 aliphatic rings. The molecule has 1 unspecified atom stereocenters. The molecule has 2 nitrogen and oxygen atoms in total. The first-order chi connectivity index (χ1) is 6.82. The maximum atomic E-state index is 10.0. The third-order valence-electron chi connectivity index (χ3n) is 3.65. The Morgan fingerprint density at radius 3 is 1.93 bits per heavy atom. The minimum absolute atomic E-state index is 0.105. The number of aliphatic hydroxyl groups is 1. The highest BCUT2D eigenvalue weighted by Crippen LogP contribution is 2.28. The van der Waals surface area contributed by atoms with Crippen LogP contribution in [0.15, 0.2) is 0 Å². The molecule has 0 saturated carbocycles. The first-order valence-corrected chi connectivity index (χ1v) is 6.25. The van der Waals surface area contributed by atoms with Crippen LogP contribution < -0.4 is 0 Å². The van der Waals surface area contributed by atoms with Gasteiger partial charge in [0, 0.05) is 5.54 Å². The quantitative estimate of drug-likeness (QED) is 0.762. The summed E-state index contributed by atoms with van der Waals surface area (Å²) in [4.78, 5) is 2.52. The lowest BCUT2D eigenvalue weighted by Gasteiger charge is -2.42. The van der Waals surface area contributed by atoms with Crippen molar-refractivity contribution in [1.82, 2.24) is 4.90 Å². The lowest BCUT2D eigenvalue weighted by atomic mass is 9.84. The molecular weight excluding hydrogens is 186 g/mol. The van der Waals surface area contributed by atoms with E-state index in [1.54, 1.807) is 0 Å². The van der Waals surface area contributed by atoms with E-state index in [-0.39, 0.29) is 11.6 Å². The maximum absolute atomic E-state index is 10.0. The number of nitrogens with zero attached hydrogens (tertiary/aromatic N) is 1. The first-order valence-electron chi connectivity index (χ1n) is 6.25. The number of rotatable bonds is 2. The first kappa shape index (κ1) is 13.0. The van der Waals surface area contributed by atoms with Gasteiger partial charge in [-0.3, -0.25) is 4.90 Å². The monoisotopic (exact) mass is 213 g/mol. The maximum Gasteiger partial charge on any atom is 0.0592 e. The summed E-state index contributed by atoms with van der Waals surface area (Å²) in [5.74, 6) is 0.916. The summed E-state index contributed by atoms with van der Waals surface area (Å²) in [6.07, 6.45) is 2.19. The van der Waals surface area contributed by atoms with Crippen molar-refractivity contribution in [1.29, 1.82) is 0 Å². The molecule has 1 saturated heterocycles. The van der Waals surface area contributed by atoms with Gasteiger partial charge in [-0.25, -0.2) is 0 Å². The van der Waals surface area contributed by atoms with Crippen LogP contribution in [0.1, 0.15) is 47.5 Å². The highest BCUT2D eigenvalue weighted by molar-refractivity contribution is 4.84. The van der Waals surface area contributed by atoms with Crippen LogP contribution in [0.2, 0.25) is 0 Å². The molecule has 1 heterocycles. The number of likely N-dealkylation sites (tertiary alicyclic amines) is 1. The van der Waals surface area contributed by atoms with Gasteiger partial charge in [0.1, 0.15) is 0 Å². The number of piperidine rings is 1. The van der Waals surface area contributed by atoms with Crippen molar-refractivity contribution in [2.75, 3.05) is 13.1 Å². The average Bonchev–Trinajstić information content (AvgIpc) is 2.15. The summed E-state index contributed by atoms with van der Waals surface area (Å²) in [5, 5.41) is 10.0. The summed E-state index contributed by atoms with van der Waals surface area (Å²) in [6, 6.07) is 0. The van der Waals surface area contributed by atoms with Gasteiger partial charge in [0.15, 0.2) is 0 Å². The van der Waals surface area contributed by atoms with Crippen molar-refractivity contribution in [3.05, 3.63) is 0 Å². The van der Waals surface area contributed by atoms with Crippen LogP contribution >= 0.6 is 0 Å². The van der Waals surface area contributed by atoms with Gasteiger partial charge in [-0.1, -0.05) is 13.8 Å². The Labute approximate surface area is 94.7 Å². The SMILES string of the molecule is CC(C)C(O)C1CCN(C(C)(C)C)CC1. The molecule has 0 aromatic rings. The number of aliphatic hydroxyl groups excluding tert-OH is 1. The summed E-state index contributed by atoms with van der Waals surface area (Å²) in [6.45, 7) is 13.3. The van der Waals surface area contributed by atoms with Crippen LogP contribution in [0.5, 0.6) is 0 Å². The molecule has 1 aliphatic heterocycles. The molecule has 1 atom stereocenters. The fourth-order valence-electron chi connectivity index (χ4n) is 2.46. The summed E-state index contributed by atoms with van der Waals surface area (Å²) in [5.41, 5.74) is 0.285. The second-order valence-electron chi connectivity index (χ2n) is 6.23.